The number of nitrogen functional groups attached to an aromatic ring is 2. The van der Waals surface area contributed by atoms with Crippen LogP contribution in [-0.4, -0.2) is 0 Å². The predicted octanol–water partition coefficient (Wildman–Crippen LogP) is 16.3. The molecule has 4 aromatic rings. The molecule has 1 aliphatic carbocycles. The van der Waals surface area contributed by atoms with E-state index in [0.29, 0.717) is 17.8 Å². The molecule has 1 fully saturated rings. The molecule has 4 aromatic carbocycles. The molecule has 0 heterocycles. The number of rotatable bonds is 24. The lowest BCUT2D eigenvalue weighted by Crippen LogP contribution is -2.37. The Kier molecular flexibility index (Phi) is 18.1. The van der Waals surface area contributed by atoms with E-state index in [4.69, 9.17) is 11.5 Å². The lowest BCUT2D eigenvalue weighted by molar-refractivity contribution is 0.231. The van der Waals surface area contributed by atoms with Gasteiger partial charge in [-0.1, -0.05) is 191 Å². The van der Waals surface area contributed by atoms with Crippen molar-refractivity contribution in [3.63, 3.8) is 0 Å². The van der Waals surface area contributed by atoms with Crippen LogP contribution in [-0.2, 0) is 5.41 Å². The largest absolute Gasteiger partial charge is 0.399 e. The van der Waals surface area contributed by atoms with Gasteiger partial charge in [-0.2, -0.15) is 0 Å². The normalized spacial score (nSPS) is 15.7. The highest BCUT2D eigenvalue weighted by atomic mass is 14.5. The van der Waals surface area contributed by atoms with E-state index < -0.39 is 0 Å². The fourth-order valence-electron chi connectivity index (χ4n) is 10.8. The van der Waals surface area contributed by atoms with E-state index in [1.165, 1.54) is 179 Å². The zero-order chi connectivity index (χ0) is 40.5. The summed E-state index contributed by atoms with van der Waals surface area (Å²) in [6.45, 7) is 11.6. The van der Waals surface area contributed by atoms with E-state index in [9.17, 15) is 0 Å². The maximum Gasteiger partial charge on any atom is 0.0316 e. The van der Waals surface area contributed by atoms with Crippen LogP contribution in [0.3, 0.4) is 0 Å². The van der Waals surface area contributed by atoms with Crippen LogP contribution in [0.5, 0.6) is 0 Å². The van der Waals surface area contributed by atoms with Gasteiger partial charge in [0.05, 0.1) is 0 Å². The number of unbranched alkanes of at least 4 members (excludes halogenated alkanes) is 12. The van der Waals surface area contributed by atoms with Crippen LogP contribution in [0.1, 0.15) is 218 Å². The molecule has 2 nitrogen and oxygen atoms in total. The molecule has 2 atom stereocenters. The fraction of sp³-hybridized carbons (Fsp3) is 0.564. The highest BCUT2D eigenvalue weighted by Gasteiger charge is 2.41. The number of hydrogen-bond donors (Lipinski definition) is 2. The first-order chi connectivity index (χ1) is 27.8. The van der Waals surface area contributed by atoms with Crippen LogP contribution in [0, 0.1) is 19.8 Å². The highest BCUT2D eigenvalue weighted by molar-refractivity contribution is 5.51. The molecule has 0 spiro atoms. The van der Waals surface area contributed by atoms with Crippen molar-refractivity contribution < 1.29 is 0 Å². The van der Waals surface area contributed by atoms with E-state index in [1.807, 2.05) is 0 Å². The van der Waals surface area contributed by atoms with Gasteiger partial charge in [-0.25, -0.2) is 0 Å². The maximum absolute atomic E-state index is 6.26. The third kappa shape index (κ3) is 12.0. The molecule has 0 radical (unpaired) electrons. The van der Waals surface area contributed by atoms with Gasteiger partial charge in [0, 0.05) is 28.6 Å². The van der Waals surface area contributed by atoms with Crippen molar-refractivity contribution in [3.8, 4) is 0 Å². The van der Waals surface area contributed by atoms with Crippen molar-refractivity contribution in [2.75, 3.05) is 11.5 Å². The van der Waals surface area contributed by atoms with Crippen LogP contribution in [0.25, 0.3) is 0 Å². The van der Waals surface area contributed by atoms with Gasteiger partial charge in [-0.15, -0.1) is 0 Å². The summed E-state index contributed by atoms with van der Waals surface area (Å²) in [7, 11) is 0. The summed E-state index contributed by atoms with van der Waals surface area (Å²) in [5, 5.41) is 0. The lowest BCUT2D eigenvalue weighted by atomic mass is 9.60. The molecule has 0 amide bonds. The summed E-state index contributed by atoms with van der Waals surface area (Å²) in [4.78, 5) is 0. The van der Waals surface area contributed by atoms with Crippen LogP contribution in [0.4, 0.5) is 11.4 Å². The Morgan fingerprint density at radius 1 is 0.491 bits per heavy atom. The molecule has 5 rings (SSSR count). The Balaban J connectivity index is 1.44. The minimum atomic E-state index is 0.00762. The number of aryl methyl sites for hydroxylation is 2. The van der Waals surface area contributed by atoms with Crippen LogP contribution in [0.15, 0.2) is 84.9 Å². The first-order valence-corrected chi connectivity index (χ1v) is 23.7. The summed E-state index contributed by atoms with van der Waals surface area (Å²) in [6, 6.07) is 33.3. The number of nitrogens with two attached hydrogens (primary N) is 2. The summed E-state index contributed by atoms with van der Waals surface area (Å²) >= 11 is 0. The van der Waals surface area contributed by atoms with Crippen molar-refractivity contribution in [1.82, 2.24) is 0 Å². The molecule has 310 valence electrons. The second-order valence-electron chi connectivity index (χ2n) is 18.1. The van der Waals surface area contributed by atoms with Crippen LogP contribution in [0.2, 0.25) is 0 Å². The van der Waals surface area contributed by atoms with Crippen molar-refractivity contribution in [3.05, 3.63) is 129 Å². The molecule has 0 saturated heterocycles. The van der Waals surface area contributed by atoms with Gasteiger partial charge in [-0.05, 0) is 121 Å². The summed E-state index contributed by atoms with van der Waals surface area (Å²) < 4.78 is 0. The topological polar surface area (TPSA) is 52.0 Å². The molecule has 2 heteroatoms. The maximum atomic E-state index is 6.26. The van der Waals surface area contributed by atoms with Crippen molar-refractivity contribution in [2.45, 2.75) is 193 Å². The Morgan fingerprint density at radius 2 is 0.877 bits per heavy atom. The lowest BCUT2D eigenvalue weighted by Gasteiger charge is -2.44. The molecule has 1 aliphatic rings. The van der Waals surface area contributed by atoms with Crippen LogP contribution >= 0.6 is 0 Å². The third-order valence-electron chi connectivity index (χ3n) is 14.0. The quantitative estimate of drug-likeness (QED) is 0.0551. The molecular weight excluding hydrogens is 689 g/mol. The number of anilines is 2. The molecule has 2 unspecified atom stereocenters. The smallest absolute Gasteiger partial charge is 0.0316 e. The van der Waals surface area contributed by atoms with Gasteiger partial charge in [0.25, 0.3) is 0 Å². The Bertz CT molecular complexity index is 1610. The Morgan fingerprint density at radius 3 is 1.25 bits per heavy atom. The van der Waals surface area contributed by atoms with Gasteiger partial charge >= 0.3 is 0 Å². The van der Waals surface area contributed by atoms with Gasteiger partial charge in [0.15, 0.2) is 0 Å². The molecule has 4 N–H and O–H groups in total. The number of benzene rings is 4. The zero-order valence-electron chi connectivity index (χ0n) is 37.0. The SMILES string of the molecule is CCCCCCCCCC(c1ccc(C(CC)(c2ccc(C(CCCCCCCCC)c3ccc(N)cc3C)cc2)C2CCCCC2)cc1)c1ccc(N)cc1C. The Hall–Kier alpha value is -3.52. The highest BCUT2D eigenvalue weighted by Crippen LogP contribution is 2.49. The first kappa shape index (κ1) is 44.6. The molecule has 1 saturated carbocycles. The zero-order valence-corrected chi connectivity index (χ0v) is 37.0. The van der Waals surface area contributed by atoms with E-state index in [0.717, 1.165) is 17.8 Å². The van der Waals surface area contributed by atoms with Crippen molar-refractivity contribution in [2.24, 2.45) is 5.92 Å². The summed E-state index contributed by atoms with van der Waals surface area (Å²) in [5.41, 5.74) is 25.7. The fourth-order valence-corrected chi connectivity index (χ4v) is 10.8. The minimum Gasteiger partial charge on any atom is -0.399 e. The first-order valence-electron chi connectivity index (χ1n) is 23.7. The Labute approximate surface area is 350 Å². The average molecular weight is 769 g/mol. The minimum absolute atomic E-state index is 0.00762. The van der Waals surface area contributed by atoms with E-state index >= 15 is 0 Å². The molecular formula is C55H80N2. The monoisotopic (exact) mass is 769 g/mol. The van der Waals surface area contributed by atoms with Crippen molar-refractivity contribution >= 4 is 11.4 Å². The van der Waals surface area contributed by atoms with Gasteiger partial charge in [0.1, 0.15) is 0 Å². The van der Waals surface area contributed by atoms with Crippen molar-refractivity contribution in [1.29, 1.82) is 0 Å². The van der Waals surface area contributed by atoms with E-state index in [1.54, 1.807) is 0 Å². The average Bonchev–Trinajstić information content (AvgIpc) is 3.22. The summed E-state index contributed by atoms with van der Waals surface area (Å²) in [5.74, 6) is 1.44. The molecule has 57 heavy (non-hydrogen) atoms. The standard InChI is InChI=1S/C55H80N2/c1-6-9-11-13-15-17-22-26-53(51-38-36-49(56)40-42(51)4)44-28-32-47(33-29-44)55(8-3,46-24-20-19-21-25-46)48-34-30-45(31-35-48)54(27-23-18-16-14-12-10-7-2)52-39-37-50(57)41-43(52)5/h28-41,46,53-54H,6-27,56-57H2,1-5H3. The van der Waals surface area contributed by atoms with Gasteiger partial charge in [-0.3, -0.25) is 0 Å². The van der Waals surface area contributed by atoms with Gasteiger partial charge < -0.3 is 11.5 Å². The van der Waals surface area contributed by atoms with E-state index in [2.05, 4.69) is 120 Å². The van der Waals surface area contributed by atoms with Crippen LogP contribution < -0.4 is 11.5 Å². The third-order valence-corrected chi connectivity index (χ3v) is 14.0. The summed E-state index contributed by atoms with van der Waals surface area (Å²) in [6.07, 6.45) is 28.9. The van der Waals surface area contributed by atoms with Gasteiger partial charge in [0.2, 0.25) is 0 Å². The molecule has 0 aromatic heterocycles. The molecule has 0 bridgehead atoms. The second kappa shape index (κ2) is 23.2. The van der Waals surface area contributed by atoms with E-state index in [-0.39, 0.29) is 5.41 Å². The predicted molar refractivity (Wildman–Crippen MR) is 251 cm³/mol. The second-order valence-corrected chi connectivity index (χ2v) is 18.1. The molecule has 0 aliphatic heterocycles. The number of hydrogen-bond acceptors (Lipinski definition) is 2.